The predicted molar refractivity (Wildman–Crippen MR) is 119 cm³/mol. The summed E-state index contributed by atoms with van der Waals surface area (Å²) in [6.45, 7) is 4.74. The lowest BCUT2D eigenvalue weighted by Crippen LogP contribution is -2.23. The molecule has 0 aliphatic carbocycles. The third kappa shape index (κ3) is 4.47. The number of amides is 1. The number of imidazole rings is 1. The highest BCUT2D eigenvalue weighted by Crippen LogP contribution is 2.27. The number of pyridine rings is 1. The number of sulfonamides is 1. The van der Waals surface area contributed by atoms with Gasteiger partial charge in [-0.25, -0.2) is 17.7 Å². The number of aryl methyl sites for hydroxylation is 1. The van der Waals surface area contributed by atoms with E-state index in [1.165, 1.54) is 32.4 Å². The number of aromatic nitrogens is 2. The lowest BCUT2D eigenvalue weighted by Gasteiger charge is -2.17. The van der Waals surface area contributed by atoms with Crippen molar-refractivity contribution in [1.29, 1.82) is 0 Å². The molecule has 160 valence electrons. The van der Waals surface area contributed by atoms with E-state index in [2.05, 4.69) is 22.5 Å². The van der Waals surface area contributed by atoms with E-state index in [1.807, 2.05) is 25.3 Å². The van der Waals surface area contributed by atoms with Crippen LogP contribution in [0.4, 0.5) is 11.4 Å². The van der Waals surface area contributed by atoms with Crippen LogP contribution in [0.5, 0.6) is 0 Å². The molecule has 8 nitrogen and oxygen atoms in total. The van der Waals surface area contributed by atoms with E-state index in [-0.39, 0.29) is 10.8 Å². The topological polar surface area (TPSA) is 95.8 Å². The lowest BCUT2D eigenvalue weighted by molar-refractivity contribution is 0.102. The minimum atomic E-state index is -3.63. The van der Waals surface area contributed by atoms with Gasteiger partial charge in [-0.15, -0.1) is 0 Å². The second kappa shape index (κ2) is 8.85. The summed E-state index contributed by atoms with van der Waals surface area (Å²) in [5, 5.41) is 6.13. The molecule has 0 bridgehead atoms. The van der Waals surface area contributed by atoms with Crippen molar-refractivity contribution in [2.75, 3.05) is 31.3 Å². The third-order valence-corrected chi connectivity index (χ3v) is 6.56. The van der Waals surface area contributed by atoms with E-state index in [4.69, 9.17) is 0 Å². The van der Waals surface area contributed by atoms with Crippen molar-refractivity contribution in [1.82, 2.24) is 13.7 Å². The Morgan fingerprint density at radius 1 is 1.17 bits per heavy atom. The standard InChI is InChI=1S/C21H27N5O3S/c1-5-6-11-22-17-9-8-16(30(28,29)25(3)4)12-18(17)24-21(27)19-13-23-20-10-7-15(2)14-26(19)20/h7-10,12-14,22H,5-6,11H2,1-4H3,(H,24,27). The molecule has 2 aromatic heterocycles. The van der Waals surface area contributed by atoms with Gasteiger partial charge in [0.05, 0.1) is 22.5 Å². The molecule has 9 heteroatoms. The van der Waals surface area contributed by atoms with Crippen molar-refractivity contribution in [2.45, 2.75) is 31.6 Å². The minimum Gasteiger partial charge on any atom is -0.383 e. The molecule has 0 fully saturated rings. The van der Waals surface area contributed by atoms with Crippen LogP contribution in [0.1, 0.15) is 35.8 Å². The average Bonchev–Trinajstić information content (AvgIpc) is 3.12. The Hall–Kier alpha value is -2.91. The number of nitrogens with one attached hydrogen (secondary N) is 2. The Balaban J connectivity index is 1.98. The summed E-state index contributed by atoms with van der Waals surface area (Å²) >= 11 is 0. The molecule has 1 amide bonds. The van der Waals surface area contributed by atoms with Crippen LogP contribution in [-0.4, -0.2) is 48.7 Å². The number of hydrogen-bond donors (Lipinski definition) is 2. The maximum absolute atomic E-state index is 13.0. The van der Waals surface area contributed by atoms with Crippen LogP contribution in [0.25, 0.3) is 5.65 Å². The van der Waals surface area contributed by atoms with Crippen LogP contribution in [0.3, 0.4) is 0 Å². The van der Waals surface area contributed by atoms with Crippen LogP contribution in [-0.2, 0) is 10.0 Å². The molecule has 3 rings (SSSR count). The minimum absolute atomic E-state index is 0.109. The van der Waals surface area contributed by atoms with E-state index in [9.17, 15) is 13.2 Å². The summed E-state index contributed by atoms with van der Waals surface area (Å²) in [6.07, 6.45) is 5.32. The molecule has 0 spiro atoms. The summed E-state index contributed by atoms with van der Waals surface area (Å²) in [4.78, 5) is 17.4. The summed E-state index contributed by atoms with van der Waals surface area (Å²) in [6, 6.07) is 8.47. The van der Waals surface area contributed by atoms with Crippen LogP contribution in [0, 0.1) is 6.92 Å². The van der Waals surface area contributed by atoms with Crippen molar-refractivity contribution in [3.05, 3.63) is 54.0 Å². The van der Waals surface area contributed by atoms with Gasteiger partial charge in [-0.3, -0.25) is 9.20 Å². The van der Waals surface area contributed by atoms with Crippen molar-refractivity contribution >= 4 is 33.0 Å². The van der Waals surface area contributed by atoms with Crippen LogP contribution in [0.2, 0.25) is 0 Å². The van der Waals surface area contributed by atoms with Gasteiger partial charge in [0.25, 0.3) is 5.91 Å². The molecule has 0 saturated carbocycles. The molecule has 0 atom stereocenters. The van der Waals surface area contributed by atoms with Gasteiger partial charge in [0.15, 0.2) is 0 Å². The number of carbonyl (C=O) groups excluding carboxylic acids is 1. The molecule has 0 aliphatic heterocycles. The monoisotopic (exact) mass is 429 g/mol. The summed E-state index contributed by atoms with van der Waals surface area (Å²) in [7, 11) is -0.687. The smallest absolute Gasteiger partial charge is 0.274 e. The van der Waals surface area contributed by atoms with E-state index in [0.29, 0.717) is 29.3 Å². The molecule has 0 unspecified atom stereocenters. The molecule has 1 aromatic carbocycles. The largest absolute Gasteiger partial charge is 0.383 e. The highest BCUT2D eigenvalue weighted by atomic mass is 32.2. The van der Waals surface area contributed by atoms with Gasteiger partial charge in [0, 0.05) is 26.8 Å². The van der Waals surface area contributed by atoms with Gasteiger partial charge in [-0.05, 0) is 43.2 Å². The van der Waals surface area contributed by atoms with Crippen LogP contribution >= 0.6 is 0 Å². The van der Waals surface area contributed by atoms with E-state index < -0.39 is 10.0 Å². The second-order valence-corrected chi connectivity index (χ2v) is 9.46. The predicted octanol–water partition coefficient (Wildman–Crippen LogP) is 3.36. The SMILES string of the molecule is CCCCNc1ccc(S(=O)(=O)N(C)C)cc1NC(=O)c1cnc2ccc(C)cn12. The number of carbonyl (C=O) groups is 1. The van der Waals surface area contributed by atoms with Crippen molar-refractivity contribution in [3.8, 4) is 0 Å². The zero-order valence-electron chi connectivity index (χ0n) is 17.6. The Morgan fingerprint density at radius 3 is 2.63 bits per heavy atom. The first-order chi connectivity index (χ1) is 14.2. The third-order valence-electron chi connectivity index (χ3n) is 4.75. The highest BCUT2D eigenvalue weighted by molar-refractivity contribution is 7.89. The highest BCUT2D eigenvalue weighted by Gasteiger charge is 2.20. The number of fused-ring (bicyclic) bond motifs is 1. The van der Waals surface area contributed by atoms with Crippen molar-refractivity contribution in [3.63, 3.8) is 0 Å². The molecule has 30 heavy (non-hydrogen) atoms. The normalized spacial score (nSPS) is 11.8. The number of anilines is 2. The Morgan fingerprint density at radius 2 is 1.93 bits per heavy atom. The maximum Gasteiger partial charge on any atom is 0.274 e. The zero-order valence-corrected chi connectivity index (χ0v) is 18.5. The molecule has 0 saturated heterocycles. The number of hydrogen-bond acceptors (Lipinski definition) is 5. The number of nitrogens with zero attached hydrogens (tertiary/aromatic N) is 3. The van der Waals surface area contributed by atoms with Gasteiger partial charge in [0.1, 0.15) is 11.3 Å². The molecule has 3 aromatic rings. The number of benzene rings is 1. The average molecular weight is 430 g/mol. The van der Waals surface area contributed by atoms with Crippen molar-refractivity contribution < 1.29 is 13.2 Å². The van der Waals surface area contributed by atoms with E-state index in [0.717, 1.165) is 22.7 Å². The molecule has 2 N–H and O–H groups in total. The van der Waals surface area contributed by atoms with E-state index >= 15 is 0 Å². The summed E-state index contributed by atoms with van der Waals surface area (Å²) in [5.74, 6) is -0.369. The maximum atomic E-state index is 13.0. The zero-order chi connectivity index (χ0) is 21.9. The fourth-order valence-electron chi connectivity index (χ4n) is 2.99. The first kappa shape index (κ1) is 21.8. The van der Waals surface area contributed by atoms with Crippen LogP contribution in [0.15, 0.2) is 47.6 Å². The lowest BCUT2D eigenvalue weighted by atomic mass is 10.2. The first-order valence-electron chi connectivity index (χ1n) is 9.79. The van der Waals surface area contributed by atoms with E-state index in [1.54, 1.807) is 10.5 Å². The van der Waals surface area contributed by atoms with Gasteiger partial charge < -0.3 is 10.6 Å². The second-order valence-electron chi connectivity index (χ2n) is 7.31. The Bertz CT molecular complexity index is 1170. The van der Waals surface area contributed by atoms with Gasteiger partial charge in [-0.1, -0.05) is 19.4 Å². The van der Waals surface area contributed by atoms with Crippen molar-refractivity contribution in [2.24, 2.45) is 0 Å². The fourth-order valence-corrected chi connectivity index (χ4v) is 3.92. The molecule has 2 heterocycles. The number of rotatable bonds is 8. The molecule has 0 radical (unpaired) electrons. The Labute approximate surface area is 177 Å². The van der Waals surface area contributed by atoms with Crippen LogP contribution < -0.4 is 10.6 Å². The summed E-state index contributed by atoms with van der Waals surface area (Å²) < 4.78 is 28.0. The molecular formula is C21H27N5O3S. The fraction of sp³-hybridized carbons (Fsp3) is 0.333. The Kier molecular flexibility index (Phi) is 6.42. The summed E-state index contributed by atoms with van der Waals surface area (Å²) in [5.41, 5.74) is 3.10. The number of unbranched alkanes of at least 4 members (excludes halogenated alkanes) is 1. The molecular weight excluding hydrogens is 402 g/mol. The van der Waals surface area contributed by atoms with Gasteiger partial charge in [0.2, 0.25) is 10.0 Å². The van der Waals surface area contributed by atoms with Gasteiger partial charge >= 0.3 is 0 Å². The first-order valence-corrected chi connectivity index (χ1v) is 11.2. The van der Waals surface area contributed by atoms with Gasteiger partial charge in [-0.2, -0.15) is 0 Å². The molecule has 0 aliphatic rings. The quantitative estimate of drug-likeness (QED) is 0.536.